The number of hydrogen-bond donors (Lipinski definition) is 2. The molecule has 2 N–H and O–H groups in total. The molecule has 0 bridgehead atoms. The van der Waals surface area contributed by atoms with E-state index in [1.807, 2.05) is 0 Å². The van der Waals surface area contributed by atoms with E-state index in [4.69, 9.17) is 16.3 Å². The van der Waals surface area contributed by atoms with Gasteiger partial charge in [-0.05, 0) is 36.9 Å². The van der Waals surface area contributed by atoms with Crippen molar-refractivity contribution in [2.75, 3.05) is 73.4 Å². The number of esters is 1. The van der Waals surface area contributed by atoms with E-state index in [0.717, 1.165) is 26.2 Å². The van der Waals surface area contributed by atoms with E-state index in [-0.39, 0.29) is 17.2 Å². The second-order valence-corrected chi connectivity index (χ2v) is 11.4. The van der Waals surface area contributed by atoms with Crippen LogP contribution in [-0.4, -0.2) is 110 Å². The number of aromatic nitrogens is 3. The molecule has 4 aromatic rings. The quantitative estimate of drug-likeness (QED) is 0.165. The molecule has 0 saturated heterocycles. The molecule has 0 aliphatic heterocycles. The first-order valence-corrected chi connectivity index (χ1v) is 15.3. The van der Waals surface area contributed by atoms with E-state index < -0.39 is 23.8 Å². The van der Waals surface area contributed by atoms with Crippen LogP contribution in [0.3, 0.4) is 0 Å². The molecule has 0 unspecified atom stereocenters. The molecule has 0 atom stereocenters. The predicted molar refractivity (Wildman–Crippen MR) is 174 cm³/mol. The Kier molecular flexibility index (Phi) is 13.7. The molecule has 2 aromatic heterocycles. The Hall–Kier alpha value is -4.54. The van der Waals surface area contributed by atoms with Crippen LogP contribution < -0.4 is 15.0 Å². The number of likely N-dealkylation sites (N-methyl/N-ethyl adjacent to an activating group) is 3. The SMILES string of the molecule is CCN(CCN(C)C(=O)c1ccc(Nc2nccn3c(-c4ccc(OC)c(F)c4F)cnc23)cc1Cl)CC[NH+](C)C.COC(=O)C(F)(F)F. The van der Waals surface area contributed by atoms with Gasteiger partial charge in [-0.2, -0.15) is 17.6 Å². The van der Waals surface area contributed by atoms with Crippen molar-refractivity contribution in [1.29, 1.82) is 0 Å². The lowest BCUT2D eigenvalue weighted by Gasteiger charge is -2.25. The maximum absolute atomic E-state index is 14.8. The molecule has 2 aromatic carbocycles. The maximum atomic E-state index is 14.8. The first kappa shape index (κ1) is 38.9. The number of quaternary nitrogens is 1. The van der Waals surface area contributed by atoms with E-state index in [1.54, 1.807) is 40.7 Å². The molecule has 2 heterocycles. The Morgan fingerprint density at radius 3 is 2.33 bits per heavy atom. The van der Waals surface area contributed by atoms with Crippen LogP contribution in [0.1, 0.15) is 17.3 Å². The first-order chi connectivity index (χ1) is 23.1. The highest BCUT2D eigenvalue weighted by atomic mass is 35.5. The normalized spacial score (nSPS) is 11.4. The molecule has 0 aliphatic rings. The van der Waals surface area contributed by atoms with E-state index in [1.165, 1.54) is 36.5 Å². The fourth-order valence-corrected chi connectivity index (χ4v) is 4.78. The number of rotatable bonds is 12. The zero-order valence-corrected chi connectivity index (χ0v) is 28.5. The molecule has 0 aliphatic carbocycles. The number of halogens is 6. The third-order valence-corrected chi connectivity index (χ3v) is 7.64. The molecule has 17 heteroatoms. The van der Waals surface area contributed by atoms with Crippen molar-refractivity contribution in [3.05, 3.63) is 71.1 Å². The van der Waals surface area contributed by atoms with Gasteiger partial charge in [0.15, 0.2) is 23.0 Å². The largest absolute Gasteiger partial charge is 0.494 e. The number of hydrogen-bond acceptors (Lipinski definition) is 8. The summed E-state index contributed by atoms with van der Waals surface area (Å²) in [6, 6.07) is 7.85. The van der Waals surface area contributed by atoms with Crippen LogP contribution in [0.15, 0.2) is 48.9 Å². The minimum absolute atomic E-state index is 0.0313. The summed E-state index contributed by atoms with van der Waals surface area (Å²) in [6.07, 6.45) is -0.282. The third-order valence-electron chi connectivity index (χ3n) is 7.32. The van der Waals surface area contributed by atoms with E-state index in [9.17, 15) is 31.5 Å². The van der Waals surface area contributed by atoms with Crippen molar-refractivity contribution in [2.45, 2.75) is 13.1 Å². The molecule has 0 radical (unpaired) electrons. The number of anilines is 2. The number of nitrogens with zero attached hydrogens (tertiary/aromatic N) is 5. The maximum Gasteiger partial charge on any atom is 0.490 e. The van der Waals surface area contributed by atoms with Gasteiger partial charge in [-0.1, -0.05) is 18.5 Å². The van der Waals surface area contributed by atoms with Gasteiger partial charge in [-0.15, -0.1) is 0 Å². The summed E-state index contributed by atoms with van der Waals surface area (Å²) in [7, 11) is 7.97. The number of alkyl halides is 3. The minimum Gasteiger partial charge on any atom is -0.494 e. The standard InChI is InChI=1S/C29H34ClF2N7O2.C3H3F3O2/c1-6-38(15-13-36(2)3)16-14-37(4)29(40)20-8-7-19(17-22(20)30)35-27-28-34-18-23(39(28)12-11-33-27)21-9-10-24(41-5)26(32)25(21)31;1-8-2(7)3(4,5)6/h7-12,17-18H,6,13-16H2,1-5H3,(H,33,35);1H3/p+1. The first-order valence-electron chi connectivity index (χ1n) is 15.0. The molecular formula is C32H38ClF5N7O4+. The lowest BCUT2D eigenvalue weighted by Crippen LogP contribution is -3.06. The minimum atomic E-state index is -4.85. The van der Waals surface area contributed by atoms with Crippen LogP contribution in [0.2, 0.25) is 5.02 Å². The second kappa shape index (κ2) is 17.2. The number of carbonyl (C=O) groups is 2. The van der Waals surface area contributed by atoms with Gasteiger partial charge in [0.05, 0.1) is 57.3 Å². The molecule has 266 valence electrons. The molecule has 1 amide bonds. The Balaban J connectivity index is 0.000000723. The van der Waals surface area contributed by atoms with Gasteiger partial charge in [0, 0.05) is 50.3 Å². The molecule has 0 fully saturated rings. The Bertz CT molecular complexity index is 1750. The van der Waals surface area contributed by atoms with Crippen molar-refractivity contribution in [3.8, 4) is 17.0 Å². The summed E-state index contributed by atoms with van der Waals surface area (Å²) in [5.41, 5.74) is 1.75. The average molecular weight is 715 g/mol. The summed E-state index contributed by atoms with van der Waals surface area (Å²) in [4.78, 5) is 36.7. The van der Waals surface area contributed by atoms with Crippen LogP contribution in [0.25, 0.3) is 16.9 Å². The summed E-state index contributed by atoms with van der Waals surface area (Å²) in [5, 5.41) is 3.46. The number of benzene rings is 2. The summed E-state index contributed by atoms with van der Waals surface area (Å²) in [6.45, 7) is 6.39. The molecule has 49 heavy (non-hydrogen) atoms. The highest BCUT2D eigenvalue weighted by Gasteiger charge is 2.40. The van der Waals surface area contributed by atoms with Gasteiger partial charge < -0.3 is 24.6 Å². The molecular weight excluding hydrogens is 677 g/mol. The Morgan fingerprint density at radius 1 is 1.04 bits per heavy atom. The van der Waals surface area contributed by atoms with Crippen molar-refractivity contribution >= 4 is 40.6 Å². The zero-order chi connectivity index (χ0) is 36.5. The van der Waals surface area contributed by atoms with Gasteiger partial charge in [-0.3, -0.25) is 14.1 Å². The smallest absolute Gasteiger partial charge is 0.490 e. The average Bonchev–Trinajstić information content (AvgIpc) is 3.50. The lowest BCUT2D eigenvalue weighted by molar-refractivity contribution is -0.857. The molecule has 11 nitrogen and oxygen atoms in total. The van der Waals surface area contributed by atoms with Crippen LogP contribution in [0.5, 0.6) is 5.75 Å². The van der Waals surface area contributed by atoms with E-state index >= 15 is 0 Å². The Labute approximate surface area is 285 Å². The number of fused-ring (bicyclic) bond motifs is 1. The molecule has 0 spiro atoms. The number of methoxy groups -OCH3 is 2. The second-order valence-electron chi connectivity index (χ2n) is 11.0. The lowest BCUT2D eigenvalue weighted by atomic mass is 10.1. The zero-order valence-electron chi connectivity index (χ0n) is 27.8. The van der Waals surface area contributed by atoms with Crippen molar-refractivity contribution in [1.82, 2.24) is 24.2 Å². The van der Waals surface area contributed by atoms with Crippen LogP contribution in [-0.2, 0) is 9.53 Å². The van der Waals surface area contributed by atoms with Gasteiger partial charge in [-0.25, -0.2) is 19.2 Å². The van der Waals surface area contributed by atoms with Gasteiger partial charge in [0.2, 0.25) is 5.82 Å². The highest BCUT2D eigenvalue weighted by Crippen LogP contribution is 2.32. The predicted octanol–water partition coefficient (Wildman–Crippen LogP) is 4.34. The fourth-order valence-electron chi connectivity index (χ4n) is 4.52. The monoisotopic (exact) mass is 714 g/mol. The molecule has 4 rings (SSSR count). The van der Waals surface area contributed by atoms with Crippen LogP contribution in [0.4, 0.5) is 33.5 Å². The number of nitrogens with one attached hydrogen (secondary N) is 2. The highest BCUT2D eigenvalue weighted by molar-refractivity contribution is 6.34. The topological polar surface area (TPSA) is 106 Å². The number of amides is 1. The fraction of sp³-hybridized carbons (Fsp3) is 0.375. The van der Waals surface area contributed by atoms with E-state index in [2.05, 4.69) is 45.9 Å². The third kappa shape index (κ3) is 9.99. The summed E-state index contributed by atoms with van der Waals surface area (Å²) in [5.74, 6) is -4.25. The summed E-state index contributed by atoms with van der Waals surface area (Å²) < 4.78 is 71.9. The van der Waals surface area contributed by atoms with Crippen molar-refractivity contribution in [2.24, 2.45) is 0 Å². The Morgan fingerprint density at radius 2 is 1.76 bits per heavy atom. The van der Waals surface area contributed by atoms with E-state index in [0.29, 0.717) is 47.1 Å². The number of imidazole rings is 1. The van der Waals surface area contributed by atoms with Crippen LogP contribution in [0, 0.1) is 11.6 Å². The molecule has 0 saturated carbocycles. The summed E-state index contributed by atoms with van der Waals surface area (Å²) >= 11 is 6.54. The van der Waals surface area contributed by atoms with Crippen molar-refractivity contribution < 1.29 is 45.9 Å². The van der Waals surface area contributed by atoms with Crippen LogP contribution >= 0.6 is 11.6 Å². The van der Waals surface area contributed by atoms with Gasteiger partial charge >= 0.3 is 12.1 Å². The van der Waals surface area contributed by atoms with Gasteiger partial charge in [0.25, 0.3) is 5.91 Å². The number of ether oxygens (including phenoxy) is 2. The number of carbonyl (C=O) groups excluding carboxylic acids is 2. The van der Waals surface area contributed by atoms with Gasteiger partial charge in [0.1, 0.15) is 0 Å². The van der Waals surface area contributed by atoms with Crippen molar-refractivity contribution in [3.63, 3.8) is 0 Å².